The number of fused-ring (bicyclic) bond motifs is 1. The number of nitrogens with zero attached hydrogens (tertiary/aromatic N) is 2. The first-order chi connectivity index (χ1) is 17.6. The van der Waals surface area contributed by atoms with Gasteiger partial charge in [0, 0.05) is 6.54 Å². The lowest BCUT2D eigenvalue weighted by molar-refractivity contribution is -0.159. The molecule has 0 spiro atoms. The van der Waals surface area contributed by atoms with Gasteiger partial charge in [-0.05, 0) is 71.2 Å². The molecule has 1 N–H and O–H groups in total. The number of hydrogen-bond donors (Lipinski definition) is 1. The number of hydrazine groups is 1. The van der Waals surface area contributed by atoms with Gasteiger partial charge in [0.2, 0.25) is 0 Å². The van der Waals surface area contributed by atoms with Crippen LogP contribution in [0.1, 0.15) is 58.1 Å². The van der Waals surface area contributed by atoms with Crippen molar-refractivity contribution in [1.82, 2.24) is 10.3 Å². The molecule has 1 amide bonds. The summed E-state index contributed by atoms with van der Waals surface area (Å²) >= 11 is 0. The zero-order chi connectivity index (χ0) is 27.0. The van der Waals surface area contributed by atoms with Crippen molar-refractivity contribution >= 4 is 23.5 Å². The summed E-state index contributed by atoms with van der Waals surface area (Å²) in [5, 5.41) is 6.60. The minimum atomic E-state index is -0.655. The van der Waals surface area contributed by atoms with Gasteiger partial charge in [0.25, 0.3) is 5.91 Å². The molecule has 2 aromatic carbocycles. The molecule has 1 unspecified atom stereocenters. The van der Waals surface area contributed by atoms with Crippen LogP contribution in [0.4, 0.5) is 5.69 Å². The fourth-order valence-electron chi connectivity index (χ4n) is 4.45. The number of para-hydroxylation sites is 1. The van der Waals surface area contributed by atoms with Crippen LogP contribution in [0.2, 0.25) is 0 Å². The number of benzene rings is 2. The molecule has 0 bridgehead atoms. The summed E-state index contributed by atoms with van der Waals surface area (Å²) in [6.45, 7) is 10.1. The van der Waals surface area contributed by atoms with Gasteiger partial charge in [-0.2, -0.15) is 0 Å². The summed E-state index contributed by atoms with van der Waals surface area (Å²) in [5.74, 6) is -1.42. The van der Waals surface area contributed by atoms with Crippen LogP contribution in [0.3, 0.4) is 0 Å². The first-order valence-electron chi connectivity index (χ1n) is 12.9. The first-order valence-corrected chi connectivity index (χ1v) is 12.9. The molecule has 0 aliphatic carbocycles. The molecule has 0 fully saturated rings. The van der Waals surface area contributed by atoms with E-state index in [0.717, 1.165) is 23.2 Å². The lowest BCUT2D eigenvalue weighted by atomic mass is 9.95. The minimum Gasteiger partial charge on any atom is -0.466 e. The van der Waals surface area contributed by atoms with E-state index < -0.39 is 23.5 Å². The second-order valence-corrected chi connectivity index (χ2v) is 10.2. The van der Waals surface area contributed by atoms with Crippen molar-refractivity contribution in [2.24, 2.45) is 0 Å². The quantitative estimate of drug-likeness (QED) is 0.461. The van der Waals surface area contributed by atoms with Crippen molar-refractivity contribution in [3.63, 3.8) is 0 Å². The highest BCUT2D eigenvalue weighted by Crippen LogP contribution is 2.29. The highest BCUT2D eigenvalue weighted by Gasteiger charge is 2.33. The van der Waals surface area contributed by atoms with E-state index in [2.05, 4.69) is 5.32 Å². The van der Waals surface area contributed by atoms with Crippen LogP contribution in [0.15, 0.2) is 54.6 Å². The number of amides is 1. The van der Waals surface area contributed by atoms with Crippen molar-refractivity contribution in [2.75, 3.05) is 31.3 Å². The Morgan fingerprint density at radius 2 is 1.73 bits per heavy atom. The van der Waals surface area contributed by atoms with E-state index >= 15 is 0 Å². The summed E-state index contributed by atoms with van der Waals surface area (Å²) in [5.41, 5.74) is 2.27. The standard InChI is InChI=1S/C29H39N3O5/c1-6-36-28(35)24(22-12-8-7-9-13-22)16-18-30-21(2)27(34)32(20-26(33)37-29(3,4)5)31-19-17-23-14-10-11-15-25(23)31/h7-15,21,24,30H,6,16-20H2,1-5H3/t21-,24?/m0/s1. The van der Waals surface area contributed by atoms with Gasteiger partial charge in [-0.3, -0.25) is 19.4 Å². The predicted octanol–water partition coefficient (Wildman–Crippen LogP) is 3.85. The van der Waals surface area contributed by atoms with Gasteiger partial charge in [0.1, 0.15) is 12.1 Å². The Bertz CT molecular complexity index is 1070. The second kappa shape index (κ2) is 12.7. The summed E-state index contributed by atoms with van der Waals surface area (Å²) in [6.07, 6.45) is 1.26. The average molecular weight is 510 g/mol. The van der Waals surface area contributed by atoms with E-state index in [1.54, 1.807) is 34.6 Å². The Hall–Kier alpha value is -3.39. The summed E-state index contributed by atoms with van der Waals surface area (Å²) < 4.78 is 10.8. The lowest BCUT2D eigenvalue weighted by Gasteiger charge is -2.35. The number of rotatable bonds is 11. The number of hydrogen-bond acceptors (Lipinski definition) is 7. The molecule has 2 aromatic rings. The molecule has 1 heterocycles. The van der Waals surface area contributed by atoms with Crippen LogP contribution >= 0.6 is 0 Å². The maximum absolute atomic E-state index is 13.6. The summed E-state index contributed by atoms with van der Waals surface area (Å²) in [4.78, 5) is 39.0. The molecule has 2 atom stereocenters. The molecule has 3 rings (SSSR count). The maximum atomic E-state index is 13.6. The van der Waals surface area contributed by atoms with Crippen molar-refractivity contribution < 1.29 is 23.9 Å². The molecule has 0 saturated carbocycles. The first kappa shape index (κ1) is 28.2. The van der Waals surface area contributed by atoms with Crippen LogP contribution in [-0.4, -0.2) is 60.7 Å². The molecular weight excluding hydrogens is 470 g/mol. The van der Waals surface area contributed by atoms with Crippen molar-refractivity contribution in [2.45, 2.75) is 65.0 Å². The Morgan fingerprint density at radius 1 is 1.05 bits per heavy atom. The van der Waals surface area contributed by atoms with E-state index in [-0.39, 0.29) is 18.4 Å². The molecule has 1 aliphatic rings. The van der Waals surface area contributed by atoms with Gasteiger partial charge in [-0.25, -0.2) is 5.01 Å². The molecule has 0 radical (unpaired) electrons. The zero-order valence-corrected chi connectivity index (χ0v) is 22.5. The van der Waals surface area contributed by atoms with Crippen LogP contribution in [0.25, 0.3) is 0 Å². The van der Waals surface area contributed by atoms with Crippen LogP contribution in [0.5, 0.6) is 0 Å². The molecule has 0 saturated heterocycles. The number of ether oxygens (including phenoxy) is 2. The number of anilines is 1. The van der Waals surface area contributed by atoms with Gasteiger partial charge in [-0.15, -0.1) is 0 Å². The molecular formula is C29H39N3O5. The molecule has 1 aliphatic heterocycles. The van der Waals surface area contributed by atoms with Gasteiger partial charge in [0.05, 0.1) is 24.3 Å². The molecule has 8 heteroatoms. The Balaban J connectivity index is 1.71. The Morgan fingerprint density at radius 3 is 2.41 bits per heavy atom. The molecule has 200 valence electrons. The third kappa shape index (κ3) is 7.79. The third-order valence-corrected chi connectivity index (χ3v) is 6.13. The highest BCUT2D eigenvalue weighted by atomic mass is 16.6. The van der Waals surface area contributed by atoms with Crippen LogP contribution in [0, 0.1) is 0 Å². The minimum absolute atomic E-state index is 0.189. The van der Waals surface area contributed by atoms with Crippen molar-refractivity contribution in [3.05, 3.63) is 65.7 Å². The largest absolute Gasteiger partial charge is 0.466 e. The maximum Gasteiger partial charge on any atom is 0.328 e. The van der Waals surface area contributed by atoms with Gasteiger partial charge < -0.3 is 14.8 Å². The van der Waals surface area contributed by atoms with E-state index in [1.807, 2.05) is 59.6 Å². The van der Waals surface area contributed by atoms with E-state index in [0.29, 0.717) is 26.1 Å². The van der Waals surface area contributed by atoms with Gasteiger partial charge in [0.15, 0.2) is 0 Å². The van der Waals surface area contributed by atoms with Crippen LogP contribution < -0.4 is 10.3 Å². The monoisotopic (exact) mass is 509 g/mol. The molecule has 37 heavy (non-hydrogen) atoms. The molecule has 8 nitrogen and oxygen atoms in total. The topological polar surface area (TPSA) is 88.2 Å². The number of carbonyl (C=O) groups is 3. The summed E-state index contributed by atoms with van der Waals surface area (Å²) in [6, 6.07) is 16.8. The van der Waals surface area contributed by atoms with E-state index in [4.69, 9.17) is 9.47 Å². The second-order valence-electron chi connectivity index (χ2n) is 10.2. The fraction of sp³-hybridized carbons (Fsp3) is 0.483. The Labute approximate surface area is 219 Å². The zero-order valence-electron chi connectivity index (χ0n) is 22.5. The smallest absolute Gasteiger partial charge is 0.328 e. The highest BCUT2D eigenvalue weighted by molar-refractivity contribution is 5.87. The average Bonchev–Trinajstić information content (AvgIpc) is 3.28. The number of nitrogens with one attached hydrogen (secondary N) is 1. The SMILES string of the molecule is CCOC(=O)C(CCN[C@@H](C)C(=O)N(CC(=O)OC(C)(C)C)N1CCc2ccccc21)c1ccccc1. The number of carbonyl (C=O) groups excluding carboxylic acids is 3. The normalized spacial score (nSPS) is 14.5. The lowest BCUT2D eigenvalue weighted by Crippen LogP contribution is -2.55. The Kier molecular flexibility index (Phi) is 9.69. The van der Waals surface area contributed by atoms with Crippen molar-refractivity contribution in [3.8, 4) is 0 Å². The third-order valence-electron chi connectivity index (χ3n) is 6.13. The number of esters is 2. The van der Waals surface area contributed by atoms with E-state index in [1.165, 1.54) is 5.01 Å². The van der Waals surface area contributed by atoms with Crippen LogP contribution in [-0.2, 0) is 30.3 Å². The fourth-order valence-corrected chi connectivity index (χ4v) is 4.45. The van der Waals surface area contributed by atoms with Gasteiger partial charge in [-0.1, -0.05) is 48.5 Å². The van der Waals surface area contributed by atoms with E-state index in [9.17, 15) is 14.4 Å². The van der Waals surface area contributed by atoms with Crippen molar-refractivity contribution in [1.29, 1.82) is 0 Å². The summed E-state index contributed by atoms with van der Waals surface area (Å²) in [7, 11) is 0. The van der Waals surface area contributed by atoms with Gasteiger partial charge >= 0.3 is 11.9 Å². The predicted molar refractivity (Wildman–Crippen MR) is 143 cm³/mol. The molecule has 0 aromatic heterocycles.